The molecule has 5 heteroatoms. The zero-order chi connectivity index (χ0) is 18.2. The summed E-state index contributed by atoms with van der Waals surface area (Å²) >= 11 is 0. The molecule has 2 N–H and O–H groups in total. The lowest BCUT2D eigenvalue weighted by Crippen LogP contribution is -2.30. The van der Waals surface area contributed by atoms with Crippen molar-refractivity contribution in [3.63, 3.8) is 0 Å². The van der Waals surface area contributed by atoms with Gasteiger partial charge >= 0.3 is 0 Å². The molecule has 0 fully saturated rings. The summed E-state index contributed by atoms with van der Waals surface area (Å²) in [5.41, 5.74) is 3.05. The van der Waals surface area contributed by atoms with Gasteiger partial charge in [-0.2, -0.15) is 0 Å². The molecule has 2 rings (SSSR count). The van der Waals surface area contributed by atoms with Crippen molar-refractivity contribution >= 4 is 11.6 Å². The molecule has 0 saturated heterocycles. The molecule has 0 aliphatic rings. The van der Waals surface area contributed by atoms with Crippen LogP contribution in [0, 0.1) is 0 Å². The summed E-state index contributed by atoms with van der Waals surface area (Å²) in [7, 11) is 3.15. The number of methoxy groups -OCH3 is 2. The molecule has 0 spiro atoms. The average Bonchev–Trinajstić information content (AvgIpc) is 2.66. The average molecular weight is 342 g/mol. The predicted octanol–water partition coefficient (Wildman–Crippen LogP) is 3.56. The molecule has 0 unspecified atom stereocenters. The number of rotatable bonds is 8. The molecule has 0 saturated carbocycles. The minimum Gasteiger partial charge on any atom is -0.497 e. The Balaban J connectivity index is 1.93. The maximum atomic E-state index is 12.2. The second kappa shape index (κ2) is 9.08. The van der Waals surface area contributed by atoms with Crippen molar-refractivity contribution in [2.45, 2.75) is 26.3 Å². The standard InChI is InChI=1S/C20H26N2O3/c1-5-15-6-8-16(9-7-15)14(2)21-13-20(23)22-18-12-17(24-3)10-11-19(18)25-4/h6-12,14,21H,5,13H2,1-4H3,(H,22,23)/t14-/m1/s1. The number of amides is 1. The summed E-state index contributed by atoms with van der Waals surface area (Å²) in [6.45, 7) is 4.38. The van der Waals surface area contributed by atoms with E-state index >= 15 is 0 Å². The van der Waals surface area contributed by atoms with E-state index in [-0.39, 0.29) is 18.5 Å². The van der Waals surface area contributed by atoms with Crippen molar-refractivity contribution in [3.8, 4) is 11.5 Å². The molecule has 2 aromatic rings. The van der Waals surface area contributed by atoms with Gasteiger partial charge in [0.05, 0.1) is 26.5 Å². The van der Waals surface area contributed by atoms with Crippen LogP contribution in [-0.2, 0) is 11.2 Å². The molecule has 0 radical (unpaired) electrons. The molecule has 0 aliphatic heterocycles. The molecular weight excluding hydrogens is 316 g/mol. The summed E-state index contributed by atoms with van der Waals surface area (Å²) in [6, 6.07) is 13.8. The highest BCUT2D eigenvalue weighted by atomic mass is 16.5. The first-order chi connectivity index (χ1) is 12.1. The molecule has 2 aromatic carbocycles. The fourth-order valence-corrected chi connectivity index (χ4v) is 2.51. The zero-order valence-corrected chi connectivity index (χ0v) is 15.3. The number of hydrogen-bond acceptors (Lipinski definition) is 4. The molecule has 1 atom stereocenters. The zero-order valence-electron chi connectivity index (χ0n) is 15.3. The van der Waals surface area contributed by atoms with Gasteiger partial charge in [0, 0.05) is 12.1 Å². The Bertz CT molecular complexity index is 699. The molecule has 0 bridgehead atoms. The van der Waals surface area contributed by atoms with Crippen molar-refractivity contribution in [1.29, 1.82) is 0 Å². The number of benzene rings is 2. The van der Waals surface area contributed by atoms with Crippen molar-refractivity contribution in [2.24, 2.45) is 0 Å². The second-order valence-corrected chi connectivity index (χ2v) is 5.81. The topological polar surface area (TPSA) is 59.6 Å². The highest BCUT2D eigenvalue weighted by Gasteiger charge is 2.11. The molecule has 1 amide bonds. The van der Waals surface area contributed by atoms with Crippen LogP contribution in [0.25, 0.3) is 0 Å². The lowest BCUT2D eigenvalue weighted by molar-refractivity contribution is -0.115. The van der Waals surface area contributed by atoms with Crippen LogP contribution in [0.1, 0.15) is 31.0 Å². The van der Waals surface area contributed by atoms with Crippen LogP contribution in [0.15, 0.2) is 42.5 Å². The van der Waals surface area contributed by atoms with Gasteiger partial charge in [0.25, 0.3) is 0 Å². The number of aryl methyl sites for hydroxylation is 1. The first-order valence-corrected chi connectivity index (χ1v) is 8.41. The van der Waals surface area contributed by atoms with Crippen molar-refractivity contribution < 1.29 is 14.3 Å². The van der Waals surface area contributed by atoms with E-state index < -0.39 is 0 Å². The van der Waals surface area contributed by atoms with E-state index in [0.29, 0.717) is 17.2 Å². The minimum atomic E-state index is -0.136. The van der Waals surface area contributed by atoms with Crippen LogP contribution in [0.2, 0.25) is 0 Å². The smallest absolute Gasteiger partial charge is 0.238 e. The normalized spacial score (nSPS) is 11.7. The molecule has 5 nitrogen and oxygen atoms in total. The summed E-state index contributed by atoms with van der Waals surface area (Å²) < 4.78 is 10.5. The van der Waals surface area contributed by atoms with Gasteiger partial charge in [0.2, 0.25) is 5.91 Å². The number of anilines is 1. The van der Waals surface area contributed by atoms with Gasteiger partial charge in [-0.1, -0.05) is 31.2 Å². The summed E-state index contributed by atoms with van der Waals surface area (Å²) in [5.74, 6) is 1.12. The predicted molar refractivity (Wildman–Crippen MR) is 100 cm³/mol. The van der Waals surface area contributed by atoms with E-state index in [4.69, 9.17) is 9.47 Å². The third-order valence-electron chi connectivity index (χ3n) is 4.14. The highest BCUT2D eigenvalue weighted by Crippen LogP contribution is 2.28. The molecule has 0 heterocycles. The fraction of sp³-hybridized carbons (Fsp3) is 0.350. The molecule has 0 aromatic heterocycles. The first-order valence-electron chi connectivity index (χ1n) is 8.41. The lowest BCUT2D eigenvalue weighted by Gasteiger charge is -2.16. The Morgan fingerprint density at radius 3 is 2.40 bits per heavy atom. The Morgan fingerprint density at radius 2 is 1.80 bits per heavy atom. The van der Waals surface area contributed by atoms with E-state index in [2.05, 4.69) is 41.8 Å². The summed E-state index contributed by atoms with van der Waals surface area (Å²) in [6.07, 6.45) is 1.02. The number of ether oxygens (including phenoxy) is 2. The fourth-order valence-electron chi connectivity index (χ4n) is 2.51. The van der Waals surface area contributed by atoms with Gasteiger partial charge in [-0.3, -0.25) is 4.79 Å². The van der Waals surface area contributed by atoms with Crippen LogP contribution in [-0.4, -0.2) is 26.7 Å². The minimum absolute atomic E-state index is 0.0869. The quantitative estimate of drug-likeness (QED) is 0.770. The Labute approximate surface area is 149 Å². The molecular formula is C20H26N2O3. The van der Waals surface area contributed by atoms with Crippen LogP contribution < -0.4 is 20.1 Å². The Morgan fingerprint density at radius 1 is 1.08 bits per heavy atom. The van der Waals surface area contributed by atoms with Crippen molar-refractivity contribution in [2.75, 3.05) is 26.1 Å². The highest BCUT2D eigenvalue weighted by molar-refractivity contribution is 5.94. The maximum Gasteiger partial charge on any atom is 0.238 e. The van der Waals surface area contributed by atoms with E-state index in [1.807, 2.05) is 6.92 Å². The number of carbonyl (C=O) groups excluding carboxylic acids is 1. The Hall–Kier alpha value is -2.53. The van der Waals surface area contributed by atoms with Crippen LogP contribution in [0.3, 0.4) is 0 Å². The molecule has 134 valence electrons. The number of hydrogen-bond donors (Lipinski definition) is 2. The van der Waals surface area contributed by atoms with Crippen LogP contribution in [0.5, 0.6) is 11.5 Å². The van der Waals surface area contributed by atoms with E-state index in [1.54, 1.807) is 32.4 Å². The van der Waals surface area contributed by atoms with Gasteiger partial charge in [-0.15, -0.1) is 0 Å². The SMILES string of the molecule is CCc1ccc([C@@H](C)NCC(=O)Nc2cc(OC)ccc2OC)cc1. The van der Waals surface area contributed by atoms with Crippen LogP contribution >= 0.6 is 0 Å². The number of carbonyl (C=O) groups is 1. The third kappa shape index (κ3) is 5.22. The monoisotopic (exact) mass is 342 g/mol. The van der Waals surface area contributed by atoms with E-state index in [1.165, 1.54) is 5.56 Å². The summed E-state index contributed by atoms with van der Waals surface area (Å²) in [5, 5.41) is 6.09. The van der Waals surface area contributed by atoms with Gasteiger partial charge < -0.3 is 20.1 Å². The lowest BCUT2D eigenvalue weighted by atomic mass is 10.1. The van der Waals surface area contributed by atoms with Gasteiger partial charge in [0.15, 0.2) is 0 Å². The van der Waals surface area contributed by atoms with Crippen molar-refractivity contribution in [3.05, 3.63) is 53.6 Å². The maximum absolute atomic E-state index is 12.2. The van der Waals surface area contributed by atoms with E-state index in [0.717, 1.165) is 12.0 Å². The van der Waals surface area contributed by atoms with Crippen molar-refractivity contribution in [1.82, 2.24) is 5.32 Å². The van der Waals surface area contributed by atoms with Gasteiger partial charge in [-0.25, -0.2) is 0 Å². The molecule has 0 aliphatic carbocycles. The third-order valence-corrected chi connectivity index (χ3v) is 4.14. The van der Waals surface area contributed by atoms with E-state index in [9.17, 15) is 4.79 Å². The number of nitrogens with one attached hydrogen (secondary N) is 2. The van der Waals surface area contributed by atoms with Crippen LogP contribution in [0.4, 0.5) is 5.69 Å². The summed E-state index contributed by atoms with van der Waals surface area (Å²) in [4.78, 5) is 12.2. The van der Waals surface area contributed by atoms with Gasteiger partial charge in [-0.05, 0) is 36.6 Å². The first kappa shape index (κ1) is 18.8. The Kier molecular flexibility index (Phi) is 6.83. The van der Waals surface area contributed by atoms with Gasteiger partial charge in [0.1, 0.15) is 11.5 Å². The largest absolute Gasteiger partial charge is 0.497 e. The second-order valence-electron chi connectivity index (χ2n) is 5.81. The molecule has 25 heavy (non-hydrogen) atoms.